The van der Waals surface area contributed by atoms with E-state index in [1.165, 1.54) is 11.0 Å². The summed E-state index contributed by atoms with van der Waals surface area (Å²) < 4.78 is 13.8. The van der Waals surface area contributed by atoms with Gasteiger partial charge in [-0.15, -0.1) is 0 Å². The molecule has 6 nitrogen and oxygen atoms in total. The first-order chi connectivity index (χ1) is 10.3. The number of nitrogens with two attached hydrogens (primary N) is 1. The van der Waals surface area contributed by atoms with Gasteiger partial charge in [-0.05, 0) is 18.2 Å². The van der Waals surface area contributed by atoms with Gasteiger partial charge in [0.15, 0.2) is 0 Å². The Morgan fingerprint density at radius 2 is 1.95 bits per heavy atom. The van der Waals surface area contributed by atoms with Crippen molar-refractivity contribution in [1.82, 2.24) is 25.4 Å². The van der Waals surface area contributed by atoms with Gasteiger partial charge in [0.2, 0.25) is 0 Å². The summed E-state index contributed by atoms with van der Waals surface area (Å²) in [6.07, 6.45) is 4.20. The molecule has 0 saturated heterocycles. The van der Waals surface area contributed by atoms with Crippen LogP contribution in [0.25, 0.3) is 5.69 Å². The molecular weight excluding hydrogens is 271 g/mol. The van der Waals surface area contributed by atoms with Crippen LogP contribution in [-0.2, 0) is 0 Å². The van der Waals surface area contributed by atoms with Crippen LogP contribution >= 0.6 is 0 Å². The van der Waals surface area contributed by atoms with E-state index in [0.29, 0.717) is 11.3 Å². The fourth-order valence-corrected chi connectivity index (χ4v) is 2.05. The summed E-state index contributed by atoms with van der Waals surface area (Å²) in [6, 6.07) is 10.4. The molecule has 21 heavy (non-hydrogen) atoms. The number of aromatic nitrogens is 4. The number of hydrazine groups is 1. The van der Waals surface area contributed by atoms with Crippen molar-refractivity contribution >= 4 is 0 Å². The Balaban J connectivity index is 1.96. The van der Waals surface area contributed by atoms with Crippen molar-refractivity contribution in [3.63, 3.8) is 0 Å². The van der Waals surface area contributed by atoms with E-state index < -0.39 is 11.9 Å². The molecule has 7 heteroatoms. The Hall–Kier alpha value is -2.64. The molecule has 0 saturated carbocycles. The second-order valence-electron chi connectivity index (χ2n) is 4.39. The van der Waals surface area contributed by atoms with Crippen LogP contribution in [0.15, 0.2) is 55.0 Å². The zero-order valence-electron chi connectivity index (χ0n) is 11.0. The van der Waals surface area contributed by atoms with Crippen molar-refractivity contribution in [1.29, 1.82) is 0 Å². The number of benzene rings is 1. The number of nitrogens with zero attached hydrogens (tertiary/aromatic N) is 4. The van der Waals surface area contributed by atoms with Gasteiger partial charge in [-0.1, -0.05) is 18.2 Å². The lowest BCUT2D eigenvalue weighted by Gasteiger charge is -2.13. The molecule has 0 aliphatic carbocycles. The van der Waals surface area contributed by atoms with Crippen LogP contribution < -0.4 is 11.3 Å². The molecule has 1 atom stereocenters. The molecule has 1 unspecified atom stereocenters. The van der Waals surface area contributed by atoms with Gasteiger partial charge >= 0.3 is 0 Å². The predicted octanol–water partition coefficient (Wildman–Crippen LogP) is 1.35. The van der Waals surface area contributed by atoms with Gasteiger partial charge in [0.25, 0.3) is 0 Å². The van der Waals surface area contributed by atoms with Crippen LogP contribution in [0.3, 0.4) is 0 Å². The second-order valence-corrected chi connectivity index (χ2v) is 4.39. The minimum Gasteiger partial charge on any atom is -0.271 e. The van der Waals surface area contributed by atoms with Crippen molar-refractivity contribution in [2.75, 3.05) is 0 Å². The van der Waals surface area contributed by atoms with Crippen LogP contribution in [0.4, 0.5) is 4.39 Å². The van der Waals surface area contributed by atoms with E-state index in [-0.39, 0.29) is 0 Å². The van der Waals surface area contributed by atoms with Gasteiger partial charge < -0.3 is 0 Å². The number of nitrogens with one attached hydrogen (secondary N) is 1. The number of hydrogen-bond acceptors (Lipinski definition) is 5. The molecule has 3 rings (SSSR count). The number of halogens is 1. The first-order valence-electron chi connectivity index (χ1n) is 6.33. The Morgan fingerprint density at radius 1 is 1.14 bits per heavy atom. The summed E-state index contributed by atoms with van der Waals surface area (Å²) in [6.45, 7) is 0. The van der Waals surface area contributed by atoms with E-state index >= 15 is 0 Å². The van der Waals surface area contributed by atoms with E-state index in [1.807, 2.05) is 30.3 Å². The highest BCUT2D eigenvalue weighted by molar-refractivity contribution is 5.30. The largest absolute Gasteiger partial charge is 0.271 e. The van der Waals surface area contributed by atoms with Crippen molar-refractivity contribution in [2.45, 2.75) is 6.04 Å². The Labute approximate surface area is 120 Å². The van der Waals surface area contributed by atoms with Crippen LogP contribution in [0.2, 0.25) is 0 Å². The number of pyridine rings is 1. The molecule has 0 aliphatic heterocycles. The Bertz CT molecular complexity index is 727. The Kier molecular flexibility index (Phi) is 3.67. The van der Waals surface area contributed by atoms with Gasteiger partial charge in [-0.25, -0.2) is 9.82 Å². The molecule has 0 bridgehead atoms. The van der Waals surface area contributed by atoms with Crippen molar-refractivity contribution in [2.24, 2.45) is 5.84 Å². The lowest BCUT2D eigenvalue weighted by molar-refractivity contribution is 0.545. The third-order valence-electron chi connectivity index (χ3n) is 3.07. The average molecular weight is 284 g/mol. The molecule has 0 fully saturated rings. The monoisotopic (exact) mass is 284 g/mol. The molecule has 0 aliphatic rings. The molecule has 3 N–H and O–H groups in total. The van der Waals surface area contributed by atoms with Gasteiger partial charge in [0, 0.05) is 11.8 Å². The van der Waals surface area contributed by atoms with Gasteiger partial charge in [-0.3, -0.25) is 10.8 Å². The summed E-state index contributed by atoms with van der Waals surface area (Å²) in [5.41, 5.74) is 4.26. The highest BCUT2D eigenvalue weighted by Gasteiger charge is 2.20. The topological polar surface area (TPSA) is 81.6 Å². The van der Waals surface area contributed by atoms with Crippen LogP contribution in [0, 0.1) is 5.82 Å². The highest BCUT2D eigenvalue weighted by Crippen LogP contribution is 2.21. The summed E-state index contributed by atoms with van der Waals surface area (Å²) >= 11 is 0. The summed E-state index contributed by atoms with van der Waals surface area (Å²) in [7, 11) is 0. The molecule has 0 radical (unpaired) electrons. The lowest BCUT2D eigenvalue weighted by atomic mass is 10.1. The third kappa shape index (κ3) is 2.64. The van der Waals surface area contributed by atoms with E-state index in [1.54, 1.807) is 12.3 Å². The molecule has 0 amide bonds. The molecule has 106 valence electrons. The van der Waals surface area contributed by atoms with Crippen molar-refractivity contribution < 1.29 is 4.39 Å². The van der Waals surface area contributed by atoms with Crippen molar-refractivity contribution in [3.8, 4) is 5.69 Å². The minimum atomic E-state index is -0.592. The van der Waals surface area contributed by atoms with Crippen LogP contribution in [-0.4, -0.2) is 20.0 Å². The van der Waals surface area contributed by atoms with Gasteiger partial charge in [0.1, 0.15) is 11.5 Å². The molecule has 2 heterocycles. The van der Waals surface area contributed by atoms with Crippen LogP contribution in [0.5, 0.6) is 0 Å². The minimum absolute atomic E-state index is 0.368. The van der Waals surface area contributed by atoms with Gasteiger partial charge in [0.05, 0.1) is 24.1 Å². The predicted molar refractivity (Wildman–Crippen MR) is 74.7 cm³/mol. The molecule has 2 aromatic heterocycles. The average Bonchev–Trinajstić information content (AvgIpc) is 3.00. The fourth-order valence-electron chi connectivity index (χ4n) is 2.05. The summed E-state index contributed by atoms with van der Waals surface area (Å²) in [4.78, 5) is 5.19. The first-order valence-corrected chi connectivity index (χ1v) is 6.33. The van der Waals surface area contributed by atoms with Gasteiger partial charge in [-0.2, -0.15) is 15.0 Å². The van der Waals surface area contributed by atoms with E-state index in [2.05, 4.69) is 20.6 Å². The zero-order valence-corrected chi connectivity index (χ0v) is 11.0. The number of para-hydroxylation sites is 1. The quantitative estimate of drug-likeness (QED) is 0.558. The standard InChI is InChI=1S/C14H13FN6/c15-12-8-17-7-6-11(12)14(19-16)13-9-18-21(20-13)10-4-2-1-3-5-10/h1-9,14,19H,16H2. The third-order valence-corrected chi connectivity index (χ3v) is 3.07. The first kappa shape index (κ1) is 13.3. The number of hydrogen-bond donors (Lipinski definition) is 2. The number of rotatable bonds is 4. The molecule has 3 aromatic rings. The van der Waals surface area contributed by atoms with E-state index in [0.717, 1.165) is 11.9 Å². The SMILES string of the molecule is NNC(c1cnn(-c2ccccc2)n1)c1ccncc1F. The van der Waals surface area contributed by atoms with E-state index in [4.69, 9.17) is 5.84 Å². The maximum atomic E-state index is 13.8. The van der Waals surface area contributed by atoms with Crippen LogP contribution in [0.1, 0.15) is 17.3 Å². The maximum Gasteiger partial charge on any atom is 0.146 e. The van der Waals surface area contributed by atoms with Crippen molar-refractivity contribution in [3.05, 3.63) is 72.1 Å². The zero-order chi connectivity index (χ0) is 14.7. The molecule has 0 spiro atoms. The molecule has 1 aromatic carbocycles. The summed E-state index contributed by atoms with van der Waals surface area (Å²) in [5.74, 6) is 5.09. The van der Waals surface area contributed by atoms with E-state index in [9.17, 15) is 4.39 Å². The second kappa shape index (κ2) is 5.78. The molecular formula is C14H13FN6. The normalized spacial score (nSPS) is 12.3. The lowest BCUT2D eigenvalue weighted by Crippen LogP contribution is -2.30. The summed E-state index contributed by atoms with van der Waals surface area (Å²) in [5, 5.41) is 8.53. The fraction of sp³-hybridized carbons (Fsp3) is 0.0714. The maximum absolute atomic E-state index is 13.8. The Morgan fingerprint density at radius 3 is 2.67 bits per heavy atom. The highest BCUT2D eigenvalue weighted by atomic mass is 19.1. The smallest absolute Gasteiger partial charge is 0.146 e.